The Hall–Kier alpha value is -4.99. The number of carbonyl (C=O) groups excluding carboxylic acids is 2. The number of nitro benzene ring substituents is 1. The zero-order valence-electron chi connectivity index (χ0n) is 20.2. The minimum absolute atomic E-state index is 0.0258. The molecule has 1 aliphatic rings. The van der Waals surface area contributed by atoms with E-state index in [1.165, 1.54) is 30.3 Å². The predicted octanol–water partition coefficient (Wildman–Crippen LogP) is 5.21. The Bertz CT molecular complexity index is 1490. The van der Waals surface area contributed by atoms with Crippen molar-refractivity contribution in [2.24, 2.45) is 0 Å². The lowest BCUT2D eigenvalue weighted by molar-refractivity contribution is -0.384. The molecule has 5 rings (SSSR count). The number of amides is 2. The van der Waals surface area contributed by atoms with Crippen LogP contribution in [0.15, 0.2) is 89.3 Å². The van der Waals surface area contributed by atoms with Crippen LogP contribution in [0.5, 0.6) is 0 Å². The minimum atomic E-state index is -0.523. The van der Waals surface area contributed by atoms with Gasteiger partial charge in [-0.3, -0.25) is 19.7 Å². The Labute approximate surface area is 217 Å². The molecule has 0 unspecified atom stereocenters. The fourth-order valence-electron chi connectivity index (χ4n) is 4.37. The molecule has 1 saturated heterocycles. The van der Waals surface area contributed by atoms with Crippen molar-refractivity contribution >= 4 is 28.9 Å². The number of hydrogen-bond acceptors (Lipinski definition) is 6. The maximum absolute atomic E-state index is 14.0. The first kappa shape index (κ1) is 24.7. The maximum atomic E-state index is 14.0. The van der Waals surface area contributed by atoms with E-state index in [0.29, 0.717) is 31.9 Å². The largest absolute Gasteiger partial charge is 0.451 e. The van der Waals surface area contributed by atoms with Gasteiger partial charge in [0.25, 0.3) is 17.5 Å². The van der Waals surface area contributed by atoms with Gasteiger partial charge >= 0.3 is 0 Å². The number of furan rings is 1. The molecule has 1 aromatic heterocycles. The number of nitrogens with zero attached hydrogens (tertiary/aromatic N) is 3. The summed E-state index contributed by atoms with van der Waals surface area (Å²) in [6.45, 7) is 2.11. The van der Waals surface area contributed by atoms with Gasteiger partial charge in [0.05, 0.1) is 16.1 Å². The smallest absolute Gasteiger partial charge is 0.291 e. The molecule has 192 valence electrons. The van der Waals surface area contributed by atoms with Crippen molar-refractivity contribution in [3.8, 4) is 11.3 Å². The fourth-order valence-corrected chi connectivity index (χ4v) is 4.37. The molecule has 9 nitrogen and oxygen atoms in total. The van der Waals surface area contributed by atoms with E-state index in [1.54, 1.807) is 47.4 Å². The molecule has 10 heteroatoms. The highest BCUT2D eigenvalue weighted by Gasteiger charge is 2.24. The number of piperazine rings is 1. The van der Waals surface area contributed by atoms with Gasteiger partial charge in [0, 0.05) is 43.6 Å². The van der Waals surface area contributed by atoms with Crippen LogP contribution in [-0.2, 0) is 0 Å². The third kappa shape index (κ3) is 5.10. The summed E-state index contributed by atoms with van der Waals surface area (Å²) < 4.78 is 19.6. The molecule has 38 heavy (non-hydrogen) atoms. The van der Waals surface area contributed by atoms with E-state index in [9.17, 15) is 24.1 Å². The van der Waals surface area contributed by atoms with Crippen molar-refractivity contribution in [3.63, 3.8) is 0 Å². The van der Waals surface area contributed by atoms with Gasteiger partial charge in [0.15, 0.2) is 5.76 Å². The molecule has 0 atom stereocenters. The second-order valence-corrected chi connectivity index (χ2v) is 8.70. The number of carbonyl (C=O) groups is 2. The Morgan fingerprint density at radius 1 is 0.868 bits per heavy atom. The monoisotopic (exact) mass is 514 g/mol. The molecule has 2 heterocycles. The maximum Gasteiger partial charge on any atom is 0.291 e. The van der Waals surface area contributed by atoms with Crippen LogP contribution in [0.3, 0.4) is 0 Å². The Kier molecular flexibility index (Phi) is 6.86. The van der Waals surface area contributed by atoms with Crippen LogP contribution in [0.2, 0.25) is 0 Å². The molecular formula is C28H23FN4O5. The van der Waals surface area contributed by atoms with Gasteiger partial charge in [-0.25, -0.2) is 4.39 Å². The number of benzene rings is 3. The number of para-hydroxylation sites is 1. The average molecular weight is 515 g/mol. The zero-order valence-corrected chi connectivity index (χ0v) is 20.2. The predicted molar refractivity (Wildman–Crippen MR) is 140 cm³/mol. The Balaban J connectivity index is 1.19. The SMILES string of the molecule is O=C(Nc1ccc(N2CCN(C(=O)c3ccccc3F)CC2)cc1)c1ccc(-c2ccccc2[N+](=O)[O-])o1. The summed E-state index contributed by atoms with van der Waals surface area (Å²) in [5.41, 5.74) is 1.73. The van der Waals surface area contributed by atoms with Crippen molar-refractivity contribution in [3.05, 3.63) is 112 Å². The van der Waals surface area contributed by atoms with E-state index < -0.39 is 16.6 Å². The topological polar surface area (TPSA) is 109 Å². The lowest BCUT2D eigenvalue weighted by Gasteiger charge is -2.36. The standard InChI is InChI=1S/C28H23FN4O5/c29-23-7-3-1-5-21(23)28(35)32-17-15-31(16-18-32)20-11-9-19(10-12-20)30-27(34)26-14-13-25(38-26)22-6-2-4-8-24(22)33(36)37/h1-14H,15-18H2,(H,30,34). The highest BCUT2D eigenvalue weighted by Crippen LogP contribution is 2.31. The number of rotatable bonds is 6. The Morgan fingerprint density at radius 3 is 2.26 bits per heavy atom. The molecule has 0 spiro atoms. The summed E-state index contributed by atoms with van der Waals surface area (Å²) in [6.07, 6.45) is 0. The summed E-state index contributed by atoms with van der Waals surface area (Å²) in [5.74, 6) is -1.07. The molecule has 3 aromatic carbocycles. The van der Waals surface area contributed by atoms with Gasteiger partial charge in [0.1, 0.15) is 11.6 Å². The molecule has 1 aliphatic heterocycles. The number of hydrogen-bond donors (Lipinski definition) is 1. The third-order valence-electron chi connectivity index (χ3n) is 6.36. The van der Waals surface area contributed by atoms with Gasteiger partial charge in [-0.05, 0) is 54.6 Å². The zero-order chi connectivity index (χ0) is 26.6. The van der Waals surface area contributed by atoms with Crippen LogP contribution in [0.1, 0.15) is 20.9 Å². The highest BCUT2D eigenvalue weighted by molar-refractivity contribution is 6.02. The number of nitrogens with one attached hydrogen (secondary N) is 1. The van der Waals surface area contributed by atoms with Crippen LogP contribution in [0, 0.1) is 15.9 Å². The quantitative estimate of drug-likeness (QED) is 0.280. The summed E-state index contributed by atoms with van der Waals surface area (Å²) >= 11 is 0. The summed E-state index contributed by atoms with van der Waals surface area (Å²) in [5, 5.41) is 14.0. The first-order valence-electron chi connectivity index (χ1n) is 11.9. The van der Waals surface area contributed by atoms with Crippen molar-refractivity contribution < 1.29 is 23.3 Å². The van der Waals surface area contributed by atoms with E-state index >= 15 is 0 Å². The molecule has 0 saturated carbocycles. The van der Waals surface area contributed by atoms with E-state index in [4.69, 9.17) is 4.42 Å². The summed E-state index contributed by atoms with van der Waals surface area (Å²) in [6, 6.07) is 22.4. The van der Waals surface area contributed by atoms with Crippen molar-refractivity contribution in [1.82, 2.24) is 4.90 Å². The molecular weight excluding hydrogens is 491 g/mol. The molecule has 0 bridgehead atoms. The lowest BCUT2D eigenvalue weighted by atomic mass is 10.1. The first-order chi connectivity index (χ1) is 18.4. The normalized spacial score (nSPS) is 13.3. The van der Waals surface area contributed by atoms with Gasteiger partial charge in [0.2, 0.25) is 0 Å². The van der Waals surface area contributed by atoms with Crippen LogP contribution in [0.4, 0.5) is 21.5 Å². The molecule has 0 radical (unpaired) electrons. The first-order valence-corrected chi connectivity index (χ1v) is 11.9. The fraction of sp³-hybridized carbons (Fsp3) is 0.143. The van der Waals surface area contributed by atoms with E-state index in [2.05, 4.69) is 10.2 Å². The lowest BCUT2D eigenvalue weighted by Crippen LogP contribution is -2.49. The van der Waals surface area contributed by atoms with Crippen molar-refractivity contribution in [2.45, 2.75) is 0 Å². The summed E-state index contributed by atoms with van der Waals surface area (Å²) in [4.78, 5) is 39.9. The van der Waals surface area contributed by atoms with E-state index in [0.717, 1.165) is 5.69 Å². The third-order valence-corrected chi connectivity index (χ3v) is 6.36. The summed E-state index contributed by atoms with van der Waals surface area (Å²) in [7, 11) is 0. The minimum Gasteiger partial charge on any atom is -0.451 e. The van der Waals surface area contributed by atoms with Gasteiger partial charge in [-0.15, -0.1) is 0 Å². The molecule has 1 N–H and O–H groups in total. The number of nitro groups is 1. The van der Waals surface area contributed by atoms with Gasteiger partial charge < -0.3 is 19.5 Å². The van der Waals surface area contributed by atoms with Crippen LogP contribution in [0.25, 0.3) is 11.3 Å². The van der Waals surface area contributed by atoms with Crippen LogP contribution in [-0.4, -0.2) is 47.8 Å². The molecule has 1 fully saturated rings. The molecule has 2 amide bonds. The average Bonchev–Trinajstić information content (AvgIpc) is 3.44. The van der Waals surface area contributed by atoms with Crippen LogP contribution < -0.4 is 10.2 Å². The number of halogens is 1. The Morgan fingerprint density at radius 2 is 1.55 bits per heavy atom. The molecule has 0 aliphatic carbocycles. The van der Waals surface area contributed by atoms with Crippen molar-refractivity contribution in [1.29, 1.82) is 0 Å². The second kappa shape index (κ2) is 10.6. The van der Waals surface area contributed by atoms with E-state index in [1.807, 2.05) is 12.1 Å². The van der Waals surface area contributed by atoms with Gasteiger partial charge in [-0.1, -0.05) is 24.3 Å². The van der Waals surface area contributed by atoms with E-state index in [-0.39, 0.29) is 34.2 Å². The van der Waals surface area contributed by atoms with Gasteiger partial charge in [-0.2, -0.15) is 0 Å². The second-order valence-electron chi connectivity index (χ2n) is 8.70. The molecule has 4 aromatic rings. The van der Waals surface area contributed by atoms with Crippen LogP contribution >= 0.6 is 0 Å². The number of anilines is 2. The highest BCUT2D eigenvalue weighted by atomic mass is 19.1. The van der Waals surface area contributed by atoms with Crippen molar-refractivity contribution in [2.75, 3.05) is 36.4 Å².